The molecule has 0 spiro atoms. The zero-order valence-electron chi connectivity index (χ0n) is 10.6. The number of anilines is 1. The Morgan fingerprint density at radius 3 is 3.00 bits per heavy atom. The highest BCUT2D eigenvalue weighted by Crippen LogP contribution is 2.31. The van der Waals surface area contributed by atoms with Crippen molar-refractivity contribution in [2.45, 2.75) is 25.8 Å². The lowest BCUT2D eigenvalue weighted by atomic mass is 9.97. The van der Waals surface area contributed by atoms with Crippen LogP contribution < -0.4 is 10.6 Å². The predicted molar refractivity (Wildman–Crippen MR) is 71.3 cm³/mol. The lowest BCUT2D eigenvalue weighted by molar-refractivity contribution is 0.140. The van der Waals surface area contributed by atoms with Crippen molar-refractivity contribution in [1.82, 2.24) is 0 Å². The third-order valence-electron chi connectivity index (χ3n) is 3.24. The monoisotopic (exact) mass is 234 g/mol. The van der Waals surface area contributed by atoms with E-state index in [1.165, 1.54) is 11.3 Å². The van der Waals surface area contributed by atoms with Crippen LogP contribution in [0, 0.1) is 0 Å². The lowest BCUT2D eigenvalue weighted by Crippen LogP contribution is -2.35. The molecule has 1 aromatic rings. The number of para-hydroxylation sites is 1. The van der Waals surface area contributed by atoms with Gasteiger partial charge >= 0.3 is 0 Å². The molecule has 0 fully saturated rings. The molecule has 1 unspecified atom stereocenters. The number of nitrogens with two attached hydrogens (primary N) is 1. The smallest absolute Gasteiger partial charge is 0.0641 e. The zero-order chi connectivity index (χ0) is 12.1. The second kappa shape index (κ2) is 6.03. The second-order valence-electron chi connectivity index (χ2n) is 4.55. The van der Waals surface area contributed by atoms with Crippen molar-refractivity contribution < 1.29 is 4.74 Å². The van der Waals surface area contributed by atoms with E-state index in [1.807, 2.05) is 0 Å². The normalized spacial score (nSPS) is 19.2. The van der Waals surface area contributed by atoms with Crippen LogP contribution in [0.15, 0.2) is 24.3 Å². The fourth-order valence-corrected chi connectivity index (χ4v) is 2.31. The molecule has 2 rings (SSSR count). The number of rotatable bonds is 5. The third kappa shape index (κ3) is 2.99. The molecule has 0 aromatic heterocycles. The van der Waals surface area contributed by atoms with Gasteiger partial charge in [-0.15, -0.1) is 0 Å². The average Bonchev–Trinajstić information content (AvgIpc) is 2.37. The minimum absolute atomic E-state index is 0.194. The Morgan fingerprint density at radius 2 is 2.18 bits per heavy atom. The number of hydrogen-bond donors (Lipinski definition) is 1. The number of hydrogen-bond acceptors (Lipinski definition) is 3. The molecule has 1 aromatic carbocycles. The Hall–Kier alpha value is -1.06. The maximum absolute atomic E-state index is 6.13. The van der Waals surface area contributed by atoms with Crippen LogP contribution >= 0.6 is 0 Å². The molecule has 0 radical (unpaired) electrons. The number of fused-ring (bicyclic) bond motifs is 1. The maximum Gasteiger partial charge on any atom is 0.0641 e. The minimum Gasteiger partial charge on any atom is -0.380 e. The molecule has 3 nitrogen and oxygen atoms in total. The summed E-state index contributed by atoms with van der Waals surface area (Å²) < 4.78 is 5.55. The van der Waals surface area contributed by atoms with Crippen LogP contribution in [-0.4, -0.2) is 26.3 Å². The van der Waals surface area contributed by atoms with E-state index in [1.54, 1.807) is 0 Å². The van der Waals surface area contributed by atoms with Gasteiger partial charge in [-0.2, -0.15) is 0 Å². The first-order chi connectivity index (χ1) is 8.33. The fourth-order valence-electron chi connectivity index (χ4n) is 2.31. The maximum atomic E-state index is 6.13. The first kappa shape index (κ1) is 12.4. The van der Waals surface area contributed by atoms with Gasteiger partial charge in [-0.3, -0.25) is 0 Å². The summed E-state index contributed by atoms with van der Waals surface area (Å²) in [6.45, 7) is 5.79. The second-order valence-corrected chi connectivity index (χ2v) is 4.55. The van der Waals surface area contributed by atoms with Crippen molar-refractivity contribution >= 4 is 5.69 Å². The molecule has 17 heavy (non-hydrogen) atoms. The Labute approximate surface area is 104 Å². The molecule has 0 saturated carbocycles. The molecule has 0 aliphatic carbocycles. The summed E-state index contributed by atoms with van der Waals surface area (Å²) in [7, 11) is 0. The molecule has 2 N–H and O–H groups in total. The van der Waals surface area contributed by atoms with Crippen molar-refractivity contribution in [3.05, 3.63) is 29.8 Å². The van der Waals surface area contributed by atoms with Crippen LogP contribution in [0.25, 0.3) is 0 Å². The number of ether oxygens (including phenoxy) is 1. The molecular formula is C14H22N2O. The average molecular weight is 234 g/mol. The van der Waals surface area contributed by atoms with E-state index in [9.17, 15) is 0 Å². The van der Waals surface area contributed by atoms with Crippen molar-refractivity contribution in [2.24, 2.45) is 5.73 Å². The zero-order valence-corrected chi connectivity index (χ0v) is 10.6. The van der Waals surface area contributed by atoms with Gasteiger partial charge < -0.3 is 15.4 Å². The summed E-state index contributed by atoms with van der Waals surface area (Å²) in [5.74, 6) is 0. The summed E-state index contributed by atoms with van der Waals surface area (Å²) in [6.07, 6.45) is 2.12. The van der Waals surface area contributed by atoms with E-state index >= 15 is 0 Å². The molecule has 3 heteroatoms. The van der Waals surface area contributed by atoms with Gasteiger partial charge in [0.05, 0.1) is 6.61 Å². The van der Waals surface area contributed by atoms with Gasteiger partial charge in [0.2, 0.25) is 0 Å². The van der Waals surface area contributed by atoms with Crippen LogP contribution in [0.2, 0.25) is 0 Å². The highest BCUT2D eigenvalue weighted by molar-refractivity contribution is 5.56. The van der Waals surface area contributed by atoms with Crippen LogP contribution in [0.3, 0.4) is 0 Å². The van der Waals surface area contributed by atoms with Crippen molar-refractivity contribution in [1.29, 1.82) is 0 Å². The van der Waals surface area contributed by atoms with Gasteiger partial charge in [-0.25, -0.2) is 0 Å². The molecule has 94 valence electrons. The van der Waals surface area contributed by atoms with Crippen LogP contribution in [0.1, 0.15) is 31.4 Å². The molecule has 1 atom stereocenters. The van der Waals surface area contributed by atoms with Crippen LogP contribution in [0.5, 0.6) is 0 Å². The topological polar surface area (TPSA) is 38.5 Å². The lowest BCUT2D eigenvalue weighted by Gasteiger charge is -2.34. The van der Waals surface area contributed by atoms with E-state index in [0.717, 1.165) is 39.1 Å². The molecule has 0 bridgehead atoms. The Balaban J connectivity index is 1.98. The first-order valence-electron chi connectivity index (χ1n) is 6.50. The van der Waals surface area contributed by atoms with Crippen LogP contribution in [0.4, 0.5) is 5.69 Å². The largest absolute Gasteiger partial charge is 0.380 e. The quantitative estimate of drug-likeness (QED) is 0.795. The Kier molecular flexibility index (Phi) is 4.40. The van der Waals surface area contributed by atoms with Crippen molar-refractivity contribution in [3.63, 3.8) is 0 Å². The molecule has 1 heterocycles. The fraction of sp³-hybridized carbons (Fsp3) is 0.571. The van der Waals surface area contributed by atoms with E-state index in [0.29, 0.717) is 0 Å². The van der Waals surface area contributed by atoms with Gasteiger partial charge in [0.15, 0.2) is 0 Å². The van der Waals surface area contributed by atoms with Gasteiger partial charge in [-0.1, -0.05) is 25.1 Å². The molecule has 1 aliphatic heterocycles. The van der Waals surface area contributed by atoms with Gasteiger partial charge in [-0.05, 0) is 24.5 Å². The summed E-state index contributed by atoms with van der Waals surface area (Å²) in [6, 6.07) is 8.64. The van der Waals surface area contributed by atoms with Crippen molar-refractivity contribution in [2.75, 3.05) is 31.2 Å². The highest BCUT2D eigenvalue weighted by Gasteiger charge is 2.21. The van der Waals surface area contributed by atoms with Gasteiger partial charge in [0.1, 0.15) is 0 Å². The van der Waals surface area contributed by atoms with Gasteiger partial charge in [0.25, 0.3) is 0 Å². The van der Waals surface area contributed by atoms with E-state index < -0.39 is 0 Å². The summed E-state index contributed by atoms with van der Waals surface area (Å²) >= 11 is 0. The van der Waals surface area contributed by atoms with E-state index in [4.69, 9.17) is 10.5 Å². The molecule has 0 amide bonds. The molecule has 1 aliphatic rings. The number of nitrogens with zero attached hydrogens (tertiary/aromatic N) is 1. The van der Waals surface area contributed by atoms with Crippen molar-refractivity contribution in [3.8, 4) is 0 Å². The van der Waals surface area contributed by atoms with E-state index in [2.05, 4.69) is 36.1 Å². The predicted octanol–water partition coefficient (Wildman–Crippen LogP) is 2.32. The standard InChI is InChI=1S/C14H22N2O/c1-2-10-17-11-9-16-8-7-13(15)12-5-3-4-6-14(12)16/h3-6,13H,2,7-11,15H2,1H3. The number of benzene rings is 1. The minimum atomic E-state index is 0.194. The van der Waals surface area contributed by atoms with Crippen LogP contribution in [-0.2, 0) is 4.74 Å². The van der Waals surface area contributed by atoms with Gasteiger partial charge in [0, 0.05) is 31.4 Å². The Bertz CT molecular complexity index is 354. The summed E-state index contributed by atoms with van der Waals surface area (Å²) in [5, 5.41) is 0. The Morgan fingerprint density at radius 1 is 1.35 bits per heavy atom. The SMILES string of the molecule is CCCOCCN1CCC(N)c2ccccc21. The summed E-state index contributed by atoms with van der Waals surface area (Å²) in [4.78, 5) is 2.38. The first-order valence-corrected chi connectivity index (χ1v) is 6.50. The highest BCUT2D eigenvalue weighted by atomic mass is 16.5. The molecule has 0 saturated heterocycles. The third-order valence-corrected chi connectivity index (χ3v) is 3.24. The molecular weight excluding hydrogens is 212 g/mol. The van der Waals surface area contributed by atoms with E-state index in [-0.39, 0.29) is 6.04 Å². The summed E-state index contributed by atoms with van der Waals surface area (Å²) in [5.41, 5.74) is 8.68.